The number of rotatable bonds is 5. The fraction of sp³-hybridized carbons (Fsp3) is 0.381. The number of benzene rings is 1. The maximum Gasteiger partial charge on any atom is 0.331 e. The van der Waals surface area contributed by atoms with E-state index in [9.17, 15) is 9.59 Å². The average Bonchev–Trinajstić information content (AvgIpc) is 3.07. The van der Waals surface area contributed by atoms with Gasteiger partial charge < -0.3 is 4.74 Å². The third-order valence-electron chi connectivity index (χ3n) is 4.50. The molecular weight excluding hydrogens is 360 g/mol. The van der Waals surface area contributed by atoms with Crippen molar-refractivity contribution in [3.05, 3.63) is 52.6 Å². The van der Waals surface area contributed by atoms with Gasteiger partial charge in [-0.1, -0.05) is 44.2 Å². The van der Waals surface area contributed by atoms with Gasteiger partial charge in [0.2, 0.25) is 0 Å². The van der Waals surface area contributed by atoms with Crippen LogP contribution in [0, 0.1) is 0 Å². The topological polar surface area (TPSA) is 61.2 Å². The van der Waals surface area contributed by atoms with Crippen molar-refractivity contribution in [2.45, 2.75) is 46.1 Å². The molecular formula is C21H24N2O3S. The van der Waals surface area contributed by atoms with Crippen LogP contribution in [0.15, 0.2) is 41.2 Å². The Kier molecular flexibility index (Phi) is 5.20. The van der Waals surface area contributed by atoms with Gasteiger partial charge in [0.1, 0.15) is 16.2 Å². The number of carbonyl (C=O) groups is 1. The highest BCUT2D eigenvalue weighted by Gasteiger charge is 2.36. The van der Waals surface area contributed by atoms with Gasteiger partial charge in [-0.25, -0.2) is 9.78 Å². The Balaban J connectivity index is 2.27. The van der Waals surface area contributed by atoms with Crippen molar-refractivity contribution in [2.24, 2.45) is 0 Å². The van der Waals surface area contributed by atoms with Crippen molar-refractivity contribution in [2.75, 3.05) is 6.61 Å². The molecule has 0 atom stereocenters. The van der Waals surface area contributed by atoms with E-state index in [1.54, 1.807) is 20.8 Å². The summed E-state index contributed by atoms with van der Waals surface area (Å²) in [4.78, 5) is 32.4. The van der Waals surface area contributed by atoms with Gasteiger partial charge >= 0.3 is 5.97 Å². The number of hydrogen-bond donors (Lipinski definition) is 0. The van der Waals surface area contributed by atoms with Crippen LogP contribution in [-0.4, -0.2) is 22.1 Å². The number of fused-ring (bicyclic) bond motifs is 1. The Morgan fingerprint density at radius 1 is 1.26 bits per heavy atom. The van der Waals surface area contributed by atoms with Gasteiger partial charge in [-0.05, 0) is 32.4 Å². The maximum absolute atomic E-state index is 13.4. The van der Waals surface area contributed by atoms with Gasteiger partial charge in [0.15, 0.2) is 0 Å². The maximum atomic E-state index is 13.4. The van der Waals surface area contributed by atoms with Crippen molar-refractivity contribution in [1.29, 1.82) is 0 Å². The van der Waals surface area contributed by atoms with E-state index >= 15 is 0 Å². The summed E-state index contributed by atoms with van der Waals surface area (Å²) in [5, 5.41) is 0.528. The largest absolute Gasteiger partial charge is 0.464 e. The lowest BCUT2D eigenvalue weighted by Crippen LogP contribution is -2.46. The second kappa shape index (κ2) is 7.27. The van der Waals surface area contributed by atoms with Crippen LogP contribution >= 0.6 is 11.3 Å². The summed E-state index contributed by atoms with van der Waals surface area (Å²) in [5.41, 5.74) is -0.301. The summed E-state index contributed by atoms with van der Waals surface area (Å²) in [5.74, 6) is 0.138. The van der Waals surface area contributed by atoms with Crippen molar-refractivity contribution in [3.8, 4) is 10.4 Å². The molecule has 0 saturated heterocycles. The number of nitrogens with zero attached hydrogens (tertiary/aromatic N) is 2. The molecule has 0 fully saturated rings. The Morgan fingerprint density at radius 3 is 2.52 bits per heavy atom. The highest BCUT2D eigenvalue weighted by Crippen LogP contribution is 2.33. The summed E-state index contributed by atoms with van der Waals surface area (Å²) < 4.78 is 6.71. The Morgan fingerprint density at radius 2 is 1.93 bits per heavy atom. The van der Waals surface area contributed by atoms with Crippen LogP contribution in [0.1, 0.15) is 46.4 Å². The number of thiophene rings is 1. The Labute approximate surface area is 162 Å². The van der Waals surface area contributed by atoms with E-state index in [-0.39, 0.29) is 18.1 Å². The molecule has 0 aliphatic carbocycles. The molecule has 0 N–H and O–H groups in total. The lowest BCUT2D eigenvalue weighted by molar-refractivity contribution is -0.152. The first-order valence-electron chi connectivity index (χ1n) is 9.07. The minimum Gasteiger partial charge on any atom is -0.464 e. The second-order valence-electron chi connectivity index (χ2n) is 7.24. The molecule has 142 valence electrons. The zero-order valence-electron chi connectivity index (χ0n) is 16.3. The first-order chi connectivity index (χ1) is 12.8. The summed E-state index contributed by atoms with van der Waals surface area (Å²) >= 11 is 1.49. The van der Waals surface area contributed by atoms with Gasteiger partial charge in [0, 0.05) is 10.8 Å². The van der Waals surface area contributed by atoms with Gasteiger partial charge in [0.25, 0.3) is 5.56 Å². The molecule has 0 aliphatic heterocycles. The van der Waals surface area contributed by atoms with Gasteiger partial charge in [-0.15, -0.1) is 11.3 Å². The third-order valence-corrected chi connectivity index (χ3v) is 5.58. The van der Waals surface area contributed by atoms with Gasteiger partial charge in [-0.2, -0.15) is 0 Å². The van der Waals surface area contributed by atoms with E-state index in [0.29, 0.717) is 16.0 Å². The van der Waals surface area contributed by atoms with Gasteiger partial charge in [0.05, 0.1) is 12.0 Å². The fourth-order valence-electron chi connectivity index (χ4n) is 3.07. The smallest absolute Gasteiger partial charge is 0.331 e. The lowest BCUT2D eigenvalue weighted by Gasteiger charge is -2.28. The summed E-state index contributed by atoms with van der Waals surface area (Å²) in [6.07, 6.45) is 0. The fourth-order valence-corrected chi connectivity index (χ4v) is 4.10. The van der Waals surface area contributed by atoms with E-state index in [1.165, 1.54) is 15.9 Å². The molecule has 0 amide bonds. The van der Waals surface area contributed by atoms with E-state index in [1.807, 2.05) is 50.2 Å². The zero-order valence-corrected chi connectivity index (χ0v) is 17.1. The summed E-state index contributed by atoms with van der Waals surface area (Å²) in [6, 6.07) is 11.8. The molecule has 1 aromatic carbocycles. The number of ether oxygens (including phenoxy) is 1. The van der Waals surface area contributed by atoms with E-state index in [4.69, 9.17) is 9.72 Å². The van der Waals surface area contributed by atoms with Crippen LogP contribution in [0.3, 0.4) is 0 Å². The normalized spacial score (nSPS) is 11.9. The molecule has 0 aliphatic rings. The van der Waals surface area contributed by atoms with Crippen LogP contribution in [0.5, 0.6) is 0 Å². The molecule has 0 spiro atoms. The molecule has 3 aromatic rings. The standard InChI is InChI=1S/C21H24N2O3S/c1-6-26-20(25)21(4,5)23-17(13(2)3)22-18-15(19(23)24)12-16(27-18)14-10-8-7-9-11-14/h7-13H,6H2,1-5H3. The Bertz CT molecular complexity index is 1030. The van der Waals surface area contributed by atoms with Crippen LogP contribution < -0.4 is 5.56 Å². The molecule has 0 saturated carbocycles. The number of esters is 1. The second-order valence-corrected chi connectivity index (χ2v) is 8.27. The molecule has 3 rings (SSSR count). The number of carbonyl (C=O) groups excluding carboxylic acids is 1. The van der Waals surface area contributed by atoms with Crippen LogP contribution in [-0.2, 0) is 15.1 Å². The molecule has 6 heteroatoms. The minimum absolute atomic E-state index is 0.0157. The summed E-state index contributed by atoms with van der Waals surface area (Å²) in [7, 11) is 0. The molecule has 2 heterocycles. The SMILES string of the molecule is CCOC(=O)C(C)(C)n1c(C(C)C)nc2sc(-c3ccccc3)cc2c1=O. The van der Waals surface area contributed by atoms with Crippen molar-refractivity contribution in [1.82, 2.24) is 9.55 Å². The van der Waals surface area contributed by atoms with Crippen LogP contribution in [0.25, 0.3) is 20.7 Å². The quantitative estimate of drug-likeness (QED) is 0.606. The van der Waals surface area contributed by atoms with Crippen LogP contribution in [0.4, 0.5) is 0 Å². The molecule has 0 bridgehead atoms. The predicted octanol–water partition coefficient (Wildman–Crippen LogP) is 4.55. The lowest BCUT2D eigenvalue weighted by atomic mass is 10.0. The third kappa shape index (κ3) is 3.41. The number of hydrogen-bond acceptors (Lipinski definition) is 5. The van der Waals surface area contributed by atoms with Crippen molar-refractivity contribution < 1.29 is 9.53 Å². The summed E-state index contributed by atoms with van der Waals surface area (Å²) in [6.45, 7) is 9.37. The van der Waals surface area contributed by atoms with E-state index in [2.05, 4.69) is 0 Å². The van der Waals surface area contributed by atoms with Crippen LogP contribution in [0.2, 0.25) is 0 Å². The van der Waals surface area contributed by atoms with E-state index in [0.717, 1.165) is 10.4 Å². The van der Waals surface area contributed by atoms with Gasteiger partial charge in [-0.3, -0.25) is 9.36 Å². The molecule has 0 unspecified atom stereocenters. The predicted molar refractivity (Wildman–Crippen MR) is 109 cm³/mol. The van der Waals surface area contributed by atoms with Crippen molar-refractivity contribution in [3.63, 3.8) is 0 Å². The Hall–Kier alpha value is -2.47. The molecule has 5 nitrogen and oxygen atoms in total. The first-order valence-corrected chi connectivity index (χ1v) is 9.88. The highest BCUT2D eigenvalue weighted by molar-refractivity contribution is 7.21. The molecule has 0 radical (unpaired) electrons. The first kappa shape index (κ1) is 19.3. The molecule has 27 heavy (non-hydrogen) atoms. The highest BCUT2D eigenvalue weighted by atomic mass is 32.1. The average molecular weight is 385 g/mol. The molecule has 2 aromatic heterocycles. The van der Waals surface area contributed by atoms with E-state index < -0.39 is 11.5 Å². The number of aromatic nitrogens is 2. The monoisotopic (exact) mass is 384 g/mol. The van der Waals surface area contributed by atoms with Crippen molar-refractivity contribution >= 4 is 27.5 Å². The zero-order chi connectivity index (χ0) is 19.8. The minimum atomic E-state index is -1.14.